The van der Waals surface area contributed by atoms with Crippen LogP contribution in [-0.2, 0) is 0 Å². The van der Waals surface area contributed by atoms with E-state index in [0.717, 1.165) is 11.5 Å². The summed E-state index contributed by atoms with van der Waals surface area (Å²) in [4.78, 5) is 0. The maximum absolute atomic E-state index is 6.02. The minimum absolute atomic E-state index is 0.441. The van der Waals surface area contributed by atoms with Crippen LogP contribution in [-0.4, -0.2) is 0 Å². The van der Waals surface area contributed by atoms with Crippen LogP contribution in [0.25, 0.3) is 22.5 Å². The topological polar surface area (TPSA) is 13.1 Å². The largest absolute Gasteiger partial charge is 0.461 e. The van der Waals surface area contributed by atoms with Gasteiger partial charge in [-0.25, -0.2) is 0 Å². The van der Waals surface area contributed by atoms with Crippen molar-refractivity contribution in [2.24, 2.45) is 0 Å². The first-order chi connectivity index (χ1) is 11.5. The second-order valence-corrected chi connectivity index (χ2v) is 7.08. The van der Waals surface area contributed by atoms with Gasteiger partial charge >= 0.3 is 0 Å². The van der Waals surface area contributed by atoms with E-state index in [1.54, 1.807) is 0 Å². The Bertz CT molecular complexity index is 837. The van der Waals surface area contributed by atoms with Crippen LogP contribution in [0.3, 0.4) is 0 Å². The molecule has 1 heteroatoms. The highest BCUT2D eigenvalue weighted by Gasteiger charge is 2.19. The molecule has 24 heavy (non-hydrogen) atoms. The van der Waals surface area contributed by atoms with Crippen molar-refractivity contribution < 1.29 is 4.42 Å². The van der Waals surface area contributed by atoms with Gasteiger partial charge in [0, 0.05) is 5.56 Å². The molecule has 1 nitrogen and oxygen atoms in total. The van der Waals surface area contributed by atoms with Crippen LogP contribution in [0.2, 0.25) is 0 Å². The molecule has 0 aliphatic heterocycles. The molecule has 0 radical (unpaired) electrons. The second-order valence-electron chi connectivity index (χ2n) is 7.08. The van der Waals surface area contributed by atoms with E-state index < -0.39 is 0 Å². The summed E-state index contributed by atoms with van der Waals surface area (Å²) in [5, 5.41) is 0. The van der Waals surface area contributed by atoms with Gasteiger partial charge in [-0.3, -0.25) is 0 Å². The summed E-state index contributed by atoms with van der Waals surface area (Å²) in [6.45, 7) is 11.0. The Morgan fingerprint density at radius 2 is 1.29 bits per heavy atom. The number of rotatable bonds is 4. The van der Waals surface area contributed by atoms with Crippen LogP contribution < -0.4 is 0 Å². The molecular formula is C23H26O. The summed E-state index contributed by atoms with van der Waals surface area (Å²) in [6.07, 6.45) is 0. The van der Waals surface area contributed by atoms with Gasteiger partial charge in [0.2, 0.25) is 0 Å². The van der Waals surface area contributed by atoms with Crippen LogP contribution in [0.5, 0.6) is 0 Å². The smallest absolute Gasteiger partial charge is 0.135 e. The lowest BCUT2D eigenvalue weighted by Crippen LogP contribution is -1.98. The van der Waals surface area contributed by atoms with Crippen molar-refractivity contribution in [2.45, 2.75) is 46.5 Å². The van der Waals surface area contributed by atoms with Gasteiger partial charge in [0.25, 0.3) is 0 Å². The minimum Gasteiger partial charge on any atom is -0.461 e. The van der Waals surface area contributed by atoms with Gasteiger partial charge in [0.1, 0.15) is 11.5 Å². The molecule has 3 aromatic rings. The first kappa shape index (κ1) is 16.6. The highest BCUT2D eigenvalue weighted by Crippen LogP contribution is 2.41. The summed E-state index contributed by atoms with van der Waals surface area (Å²) in [7, 11) is 0. The van der Waals surface area contributed by atoms with Crippen LogP contribution in [0.1, 0.15) is 56.4 Å². The third kappa shape index (κ3) is 3.03. The van der Waals surface area contributed by atoms with E-state index in [2.05, 4.69) is 76.2 Å². The van der Waals surface area contributed by atoms with Crippen molar-refractivity contribution in [3.05, 3.63) is 71.5 Å². The minimum atomic E-state index is 0.441. The molecule has 0 atom stereocenters. The highest BCUT2D eigenvalue weighted by atomic mass is 16.3. The molecule has 0 aliphatic carbocycles. The van der Waals surface area contributed by atoms with E-state index in [1.807, 2.05) is 13.0 Å². The fraction of sp³-hybridized carbons (Fsp3) is 0.304. The van der Waals surface area contributed by atoms with E-state index in [-0.39, 0.29) is 0 Å². The van der Waals surface area contributed by atoms with Crippen LogP contribution in [0.15, 0.2) is 59.0 Å². The lowest BCUT2D eigenvalue weighted by Gasteiger charge is -2.19. The summed E-state index contributed by atoms with van der Waals surface area (Å²) in [5.74, 6) is 2.84. The standard InChI is InChI=1S/C23H26O/c1-15(2)18-9-6-7-10-20(18)21-12-8-11-19(16(3)4)23(21)22-14-13-17(5)24-22/h6-16H,1-5H3. The average molecular weight is 318 g/mol. The van der Waals surface area contributed by atoms with Crippen LogP contribution in [0, 0.1) is 6.92 Å². The Hall–Kier alpha value is -2.28. The molecule has 1 heterocycles. The molecule has 124 valence electrons. The van der Waals surface area contributed by atoms with Gasteiger partial charge in [0.15, 0.2) is 0 Å². The number of benzene rings is 2. The number of furan rings is 1. The molecule has 2 aromatic carbocycles. The average Bonchev–Trinajstić information content (AvgIpc) is 3.00. The van der Waals surface area contributed by atoms with Crippen LogP contribution in [0.4, 0.5) is 0 Å². The quantitative estimate of drug-likeness (QED) is 0.497. The Morgan fingerprint density at radius 3 is 1.92 bits per heavy atom. The van der Waals surface area contributed by atoms with Crippen molar-refractivity contribution >= 4 is 0 Å². The number of hydrogen-bond acceptors (Lipinski definition) is 1. The van der Waals surface area contributed by atoms with Crippen molar-refractivity contribution in [2.75, 3.05) is 0 Å². The molecule has 0 unspecified atom stereocenters. The maximum atomic E-state index is 6.02. The fourth-order valence-electron chi connectivity index (χ4n) is 3.37. The molecule has 0 saturated carbocycles. The van der Waals surface area contributed by atoms with Gasteiger partial charge in [0.05, 0.1) is 0 Å². The van der Waals surface area contributed by atoms with Crippen molar-refractivity contribution in [1.29, 1.82) is 0 Å². The lowest BCUT2D eigenvalue weighted by molar-refractivity contribution is 0.547. The summed E-state index contributed by atoms with van der Waals surface area (Å²) in [6, 6.07) is 19.5. The molecule has 0 N–H and O–H groups in total. The van der Waals surface area contributed by atoms with Crippen molar-refractivity contribution in [3.8, 4) is 22.5 Å². The maximum Gasteiger partial charge on any atom is 0.135 e. The Kier molecular flexibility index (Phi) is 4.62. The zero-order chi connectivity index (χ0) is 17.3. The first-order valence-corrected chi connectivity index (χ1v) is 8.78. The summed E-state index contributed by atoms with van der Waals surface area (Å²) >= 11 is 0. The molecule has 0 fully saturated rings. The predicted octanol–water partition coefficient (Wildman–Crippen LogP) is 7.17. The van der Waals surface area contributed by atoms with Crippen molar-refractivity contribution in [3.63, 3.8) is 0 Å². The fourth-order valence-corrected chi connectivity index (χ4v) is 3.37. The Labute approximate surface area is 145 Å². The second kappa shape index (κ2) is 6.68. The van der Waals surface area contributed by atoms with Gasteiger partial charge in [-0.05, 0) is 53.1 Å². The Morgan fingerprint density at radius 1 is 0.667 bits per heavy atom. The zero-order valence-electron chi connectivity index (χ0n) is 15.3. The molecule has 0 saturated heterocycles. The normalized spacial score (nSPS) is 11.5. The molecule has 0 spiro atoms. The molecular weight excluding hydrogens is 292 g/mol. The third-order valence-electron chi connectivity index (χ3n) is 4.58. The first-order valence-electron chi connectivity index (χ1n) is 8.78. The molecule has 0 aliphatic rings. The number of aryl methyl sites for hydroxylation is 1. The summed E-state index contributed by atoms with van der Waals surface area (Å²) in [5.41, 5.74) is 6.51. The van der Waals surface area contributed by atoms with E-state index in [0.29, 0.717) is 11.8 Å². The summed E-state index contributed by atoms with van der Waals surface area (Å²) < 4.78 is 6.02. The molecule has 0 amide bonds. The highest BCUT2D eigenvalue weighted by molar-refractivity contribution is 5.85. The molecule has 1 aromatic heterocycles. The van der Waals surface area contributed by atoms with E-state index >= 15 is 0 Å². The van der Waals surface area contributed by atoms with Gasteiger partial charge in [-0.15, -0.1) is 0 Å². The Balaban J connectivity index is 2.32. The zero-order valence-corrected chi connectivity index (χ0v) is 15.3. The SMILES string of the molecule is Cc1ccc(-c2c(-c3ccccc3C(C)C)cccc2C(C)C)o1. The molecule has 3 rings (SSSR count). The van der Waals surface area contributed by atoms with Gasteiger partial charge in [-0.2, -0.15) is 0 Å². The number of hydrogen-bond donors (Lipinski definition) is 0. The van der Waals surface area contributed by atoms with Crippen LogP contribution >= 0.6 is 0 Å². The van der Waals surface area contributed by atoms with Gasteiger partial charge < -0.3 is 4.42 Å². The van der Waals surface area contributed by atoms with E-state index in [9.17, 15) is 0 Å². The van der Waals surface area contributed by atoms with Gasteiger partial charge in [-0.1, -0.05) is 70.2 Å². The van der Waals surface area contributed by atoms with Crippen molar-refractivity contribution in [1.82, 2.24) is 0 Å². The molecule has 0 bridgehead atoms. The lowest BCUT2D eigenvalue weighted by atomic mass is 9.85. The van der Waals surface area contributed by atoms with E-state index in [1.165, 1.54) is 27.8 Å². The monoisotopic (exact) mass is 318 g/mol. The predicted molar refractivity (Wildman–Crippen MR) is 102 cm³/mol. The van der Waals surface area contributed by atoms with E-state index in [4.69, 9.17) is 4.42 Å². The third-order valence-corrected chi connectivity index (χ3v) is 4.58.